The summed E-state index contributed by atoms with van der Waals surface area (Å²) in [5.74, 6) is 0. The molecule has 43 heavy (non-hydrogen) atoms. The van der Waals surface area contributed by atoms with Gasteiger partial charge in [-0.3, -0.25) is 9.11 Å². The zero-order valence-corrected chi connectivity index (χ0v) is 24.6. The third kappa shape index (κ3) is 5.96. The molecule has 0 fully saturated rings. The molecule has 0 spiro atoms. The van der Waals surface area contributed by atoms with Crippen molar-refractivity contribution >= 4 is 41.8 Å². The lowest BCUT2D eigenvalue weighted by Crippen LogP contribution is -2.13. The van der Waals surface area contributed by atoms with E-state index < -0.39 is 20.2 Å². The normalized spacial score (nSPS) is 12.1. The molecule has 2 N–H and O–H groups in total. The predicted octanol–water partition coefficient (Wildman–Crippen LogP) is 7.26. The second kappa shape index (κ2) is 11.4. The summed E-state index contributed by atoms with van der Waals surface area (Å²) in [6.07, 6.45) is 0.517. The lowest BCUT2D eigenvalue weighted by molar-refractivity contribution is 0.482. The van der Waals surface area contributed by atoms with E-state index in [9.17, 15) is 25.9 Å². The second-order valence-electron chi connectivity index (χ2n) is 10.6. The van der Waals surface area contributed by atoms with E-state index in [4.69, 9.17) is 0 Å². The van der Waals surface area contributed by atoms with Gasteiger partial charge in [0.25, 0.3) is 20.2 Å². The van der Waals surface area contributed by atoms with E-state index in [0.717, 1.165) is 11.1 Å². The van der Waals surface area contributed by atoms with Crippen LogP contribution in [-0.4, -0.2) is 25.9 Å². The molecular weight excluding hydrogens is 581 g/mol. The van der Waals surface area contributed by atoms with Gasteiger partial charge in [-0.05, 0) is 57.0 Å². The summed E-state index contributed by atoms with van der Waals surface area (Å²) >= 11 is 0. The van der Waals surface area contributed by atoms with Crippen LogP contribution < -0.4 is 0 Å². The lowest BCUT2D eigenvalue weighted by atomic mass is 9.88. The smallest absolute Gasteiger partial charge is 0.282 e. The molecule has 0 atom stereocenters. The minimum absolute atomic E-state index is 0.162. The average Bonchev–Trinajstić information content (AvgIpc) is 2.97. The summed E-state index contributed by atoms with van der Waals surface area (Å²) in [5, 5.41) is 1.91. The Hall–Kier alpha value is -4.34. The van der Waals surface area contributed by atoms with Crippen molar-refractivity contribution in [2.24, 2.45) is 0 Å². The first-order chi connectivity index (χ1) is 20.6. The van der Waals surface area contributed by atoms with Gasteiger partial charge in [0.05, 0.1) is 0 Å². The van der Waals surface area contributed by atoms with Crippen molar-refractivity contribution in [1.82, 2.24) is 0 Å². The van der Waals surface area contributed by atoms with Crippen molar-refractivity contribution in [3.63, 3.8) is 0 Å². The van der Waals surface area contributed by atoms with E-state index in [2.05, 4.69) is 0 Å². The number of hydrogen-bond donors (Lipinski definition) is 2. The van der Waals surface area contributed by atoms with Crippen LogP contribution >= 0.6 is 0 Å². The van der Waals surface area contributed by atoms with Crippen LogP contribution in [0.25, 0.3) is 21.5 Å². The van der Waals surface area contributed by atoms with Gasteiger partial charge in [0.15, 0.2) is 0 Å². The van der Waals surface area contributed by atoms with Crippen molar-refractivity contribution in [2.45, 2.75) is 29.1 Å². The summed E-state index contributed by atoms with van der Waals surface area (Å²) in [4.78, 5) is -0.534. The zero-order chi connectivity index (χ0) is 30.2. The Bertz CT molecular complexity index is 2030. The fraction of sp³-hybridized carbons (Fsp3) is 0.0857. The maximum atomic E-state index is 13.1. The monoisotopic (exact) mass is 608 g/mol. The van der Waals surface area contributed by atoms with Crippen LogP contribution in [0, 0.1) is 0 Å². The van der Waals surface area contributed by atoms with Crippen LogP contribution in [0.1, 0.15) is 33.4 Å². The molecule has 0 amide bonds. The van der Waals surface area contributed by atoms with Gasteiger partial charge < -0.3 is 0 Å². The SMILES string of the molecule is O=S(=O)(O)c1c(Cc2c(Cc3ccccc3)cc3ccccc3c2S(=O)(=O)O)c(Cc2ccccc2)cc2ccccc12. The Morgan fingerprint density at radius 2 is 0.791 bits per heavy atom. The minimum Gasteiger partial charge on any atom is -0.282 e. The number of rotatable bonds is 8. The maximum Gasteiger partial charge on any atom is 0.295 e. The molecular formula is C35H28O6S2. The molecule has 0 aliphatic rings. The highest BCUT2D eigenvalue weighted by molar-refractivity contribution is 7.86. The molecule has 0 bridgehead atoms. The third-order valence-corrected chi connectivity index (χ3v) is 9.70. The van der Waals surface area contributed by atoms with Crippen molar-refractivity contribution < 1.29 is 25.9 Å². The Balaban J connectivity index is 1.70. The average molecular weight is 609 g/mol. The van der Waals surface area contributed by atoms with E-state index in [0.29, 0.717) is 45.5 Å². The minimum atomic E-state index is -4.77. The third-order valence-electron chi connectivity index (χ3n) is 7.74. The Morgan fingerprint density at radius 1 is 0.442 bits per heavy atom. The number of fused-ring (bicyclic) bond motifs is 2. The fourth-order valence-electron chi connectivity index (χ4n) is 5.93. The van der Waals surface area contributed by atoms with Gasteiger partial charge in [-0.1, -0.05) is 121 Å². The second-order valence-corrected chi connectivity index (χ2v) is 13.3. The van der Waals surface area contributed by atoms with Crippen molar-refractivity contribution in [2.75, 3.05) is 0 Å². The molecule has 6 rings (SSSR count). The van der Waals surface area contributed by atoms with Crippen LogP contribution in [-0.2, 0) is 39.5 Å². The van der Waals surface area contributed by atoms with Gasteiger partial charge in [-0.25, -0.2) is 0 Å². The fourth-order valence-corrected chi connectivity index (χ4v) is 7.88. The number of hydrogen-bond acceptors (Lipinski definition) is 4. The molecule has 8 heteroatoms. The zero-order valence-electron chi connectivity index (χ0n) is 23.0. The lowest BCUT2D eigenvalue weighted by Gasteiger charge is -2.21. The molecule has 0 saturated carbocycles. The van der Waals surface area contributed by atoms with E-state index in [-0.39, 0.29) is 27.3 Å². The molecule has 216 valence electrons. The molecule has 6 nitrogen and oxygen atoms in total. The van der Waals surface area contributed by atoms with Gasteiger partial charge in [-0.15, -0.1) is 0 Å². The highest BCUT2D eigenvalue weighted by Crippen LogP contribution is 2.38. The molecule has 6 aromatic carbocycles. The summed E-state index contributed by atoms with van der Waals surface area (Å²) in [6.45, 7) is 0. The molecule has 0 aliphatic heterocycles. The van der Waals surface area contributed by atoms with Crippen LogP contribution in [0.4, 0.5) is 0 Å². The Labute approximate surface area is 250 Å². The first-order valence-corrected chi connectivity index (χ1v) is 16.6. The molecule has 0 radical (unpaired) electrons. The molecule has 0 unspecified atom stereocenters. The molecule has 0 saturated heterocycles. The Morgan fingerprint density at radius 3 is 1.16 bits per heavy atom. The Kier molecular flexibility index (Phi) is 7.62. The van der Waals surface area contributed by atoms with Crippen LogP contribution in [0.2, 0.25) is 0 Å². The summed E-state index contributed by atoms with van der Waals surface area (Å²) in [5.41, 5.74) is 3.63. The van der Waals surface area contributed by atoms with Gasteiger partial charge in [0, 0.05) is 17.2 Å². The van der Waals surface area contributed by atoms with Crippen LogP contribution in [0.3, 0.4) is 0 Å². The van der Waals surface area contributed by atoms with Crippen LogP contribution in [0.5, 0.6) is 0 Å². The van der Waals surface area contributed by atoms with Crippen molar-refractivity contribution in [1.29, 1.82) is 0 Å². The van der Waals surface area contributed by atoms with Gasteiger partial charge in [0.1, 0.15) is 9.79 Å². The highest BCUT2D eigenvalue weighted by Gasteiger charge is 2.28. The quantitative estimate of drug-likeness (QED) is 0.176. The van der Waals surface area contributed by atoms with E-state index in [1.807, 2.05) is 72.8 Å². The first-order valence-electron chi connectivity index (χ1n) is 13.7. The highest BCUT2D eigenvalue weighted by atomic mass is 32.2. The summed E-state index contributed by atoms with van der Waals surface area (Å²) < 4.78 is 73.8. The first kappa shape index (κ1) is 28.8. The molecule has 0 aliphatic carbocycles. The maximum absolute atomic E-state index is 13.1. The predicted molar refractivity (Wildman–Crippen MR) is 169 cm³/mol. The van der Waals surface area contributed by atoms with E-state index in [1.165, 1.54) is 0 Å². The summed E-state index contributed by atoms with van der Waals surface area (Å²) in [6, 6.07) is 36.6. The van der Waals surface area contributed by atoms with Crippen molar-refractivity contribution in [3.05, 3.63) is 155 Å². The topological polar surface area (TPSA) is 109 Å². The van der Waals surface area contributed by atoms with Gasteiger partial charge in [0.2, 0.25) is 0 Å². The molecule has 6 aromatic rings. The van der Waals surface area contributed by atoms with Crippen LogP contribution in [0.15, 0.2) is 131 Å². The standard InChI is InChI=1S/C35H28O6S2/c36-42(37,38)34-30-17-9-7-15-26(30)21-28(19-24-11-3-1-4-12-24)32(34)23-33-29(20-25-13-5-2-6-14-25)22-27-16-8-10-18-31(27)35(33)43(39,40)41/h1-18,21-22H,19-20,23H2,(H,36,37,38)(H,39,40,41). The number of benzene rings is 6. The molecule has 0 heterocycles. The van der Waals surface area contributed by atoms with E-state index >= 15 is 0 Å². The largest absolute Gasteiger partial charge is 0.295 e. The van der Waals surface area contributed by atoms with Crippen molar-refractivity contribution in [3.8, 4) is 0 Å². The summed E-state index contributed by atoms with van der Waals surface area (Å²) in [7, 11) is -9.54. The van der Waals surface area contributed by atoms with E-state index in [1.54, 1.807) is 48.5 Å². The molecule has 0 aromatic heterocycles. The van der Waals surface area contributed by atoms with Gasteiger partial charge in [-0.2, -0.15) is 16.8 Å². The van der Waals surface area contributed by atoms with Gasteiger partial charge >= 0.3 is 0 Å².